The molecule has 0 radical (unpaired) electrons. The fourth-order valence-corrected chi connectivity index (χ4v) is 2.66. The maximum absolute atomic E-state index is 13.6. The molecule has 0 saturated carbocycles. The van der Waals surface area contributed by atoms with E-state index in [1.165, 1.54) is 30.9 Å². The first kappa shape index (κ1) is 16.8. The molecule has 1 N–H and O–H groups in total. The first-order valence-corrected chi connectivity index (χ1v) is 7.77. The minimum Gasteiger partial charge on any atom is -0.493 e. The molecule has 130 valence electrons. The summed E-state index contributed by atoms with van der Waals surface area (Å²) in [5.41, 5.74) is 1.97. The first-order chi connectivity index (χ1) is 12.1. The molecule has 7 heteroatoms. The molecule has 3 rings (SSSR count). The van der Waals surface area contributed by atoms with Crippen LogP contribution in [0.15, 0.2) is 36.5 Å². The highest BCUT2D eigenvalue weighted by atomic mass is 19.1. The van der Waals surface area contributed by atoms with Gasteiger partial charge >= 0.3 is 0 Å². The fourth-order valence-electron chi connectivity index (χ4n) is 2.66. The third-order valence-corrected chi connectivity index (χ3v) is 3.85. The monoisotopic (exact) mass is 343 g/mol. The van der Waals surface area contributed by atoms with E-state index in [1.54, 1.807) is 24.3 Å². The summed E-state index contributed by atoms with van der Waals surface area (Å²) in [7, 11) is 3.06. The normalized spacial score (nSPS) is 10.7. The van der Waals surface area contributed by atoms with Crippen LogP contribution >= 0.6 is 0 Å². The lowest BCUT2D eigenvalue weighted by Gasteiger charge is -2.11. The van der Waals surface area contributed by atoms with E-state index in [2.05, 4.69) is 10.3 Å². The molecule has 0 spiro atoms. The van der Waals surface area contributed by atoms with Crippen molar-refractivity contribution in [2.45, 2.75) is 13.3 Å². The van der Waals surface area contributed by atoms with Gasteiger partial charge in [-0.2, -0.15) is 0 Å². The quantitative estimate of drug-likeness (QED) is 0.772. The number of carbonyl (C=O) groups excluding carboxylic acids is 1. The summed E-state index contributed by atoms with van der Waals surface area (Å²) in [5.74, 6) is 0.252. The second-order valence-electron chi connectivity index (χ2n) is 5.36. The molecule has 3 aromatic rings. The van der Waals surface area contributed by atoms with Crippen LogP contribution < -0.4 is 14.8 Å². The first-order valence-electron chi connectivity index (χ1n) is 7.77. The average Bonchev–Trinajstić information content (AvgIpc) is 2.99. The SMILES string of the molecule is CCc1nc2ccc(F)cn2c1C(=O)Nc1ccc(OC)c(OC)c1. The molecule has 1 aromatic carbocycles. The van der Waals surface area contributed by atoms with Crippen molar-refractivity contribution in [3.8, 4) is 11.5 Å². The number of pyridine rings is 1. The highest BCUT2D eigenvalue weighted by Crippen LogP contribution is 2.30. The molecule has 2 heterocycles. The number of anilines is 1. The number of hydrogen-bond donors (Lipinski definition) is 1. The number of carbonyl (C=O) groups is 1. The van der Waals surface area contributed by atoms with Crippen LogP contribution in [0.25, 0.3) is 5.65 Å². The zero-order valence-electron chi connectivity index (χ0n) is 14.2. The molecule has 0 bridgehead atoms. The van der Waals surface area contributed by atoms with Crippen molar-refractivity contribution in [1.82, 2.24) is 9.38 Å². The summed E-state index contributed by atoms with van der Waals surface area (Å²) in [6.07, 6.45) is 1.81. The molecule has 0 unspecified atom stereocenters. The standard InChI is InChI=1S/C18H18FN3O3/c1-4-13-17(22-10-11(19)5-8-16(22)21-13)18(23)20-12-6-7-14(24-2)15(9-12)25-3/h5-10H,4H2,1-3H3,(H,20,23). The summed E-state index contributed by atoms with van der Waals surface area (Å²) in [6, 6.07) is 7.92. The number of nitrogens with zero attached hydrogens (tertiary/aromatic N) is 2. The Labute approximate surface area is 144 Å². The van der Waals surface area contributed by atoms with E-state index in [1.807, 2.05) is 6.92 Å². The Kier molecular flexibility index (Phi) is 4.56. The molecule has 2 aromatic heterocycles. The molecule has 25 heavy (non-hydrogen) atoms. The largest absolute Gasteiger partial charge is 0.493 e. The van der Waals surface area contributed by atoms with Gasteiger partial charge in [0.2, 0.25) is 0 Å². The number of imidazole rings is 1. The third-order valence-electron chi connectivity index (χ3n) is 3.85. The topological polar surface area (TPSA) is 64.9 Å². The second kappa shape index (κ2) is 6.80. The summed E-state index contributed by atoms with van der Waals surface area (Å²) < 4.78 is 25.5. The van der Waals surface area contributed by atoms with Crippen LogP contribution in [0.4, 0.5) is 10.1 Å². The van der Waals surface area contributed by atoms with Gasteiger partial charge < -0.3 is 14.8 Å². The number of fused-ring (bicyclic) bond motifs is 1. The van der Waals surface area contributed by atoms with E-state index in [0.717, 1.165) is 0 Å². The molecule has 1 amide bonds. The average molecular weight is 343 g/mol. The van der Waals surface area contributed by atoms with E-state index in [0.29, 0.717) is 40.6 Å². The summed E-state index contributed by atoms with van der Waals surface area (Å²) in [6.45, 7) is 1.89. The summed E-state index contributed by atoms with van der Waals surface area (Å²) in [5, 5.41) is 2.80. The van der Waals surface area contributed by atoms with Gasteiger partial charge in [0.05, 0.1) is 19.9 Å². The molecule has 6 nitrogen and oxygen atoms in total. The number of rotatable bonds is 5. The number of benzene rings is 1. The predicted molar refractivity (Wildman–Crippen MR) is 92.0 cm³/mol. The molecule has 0 atom stereocenters. The number of halogens is 1. The van der Waals surface area contributed by atoms with Gasteiger partial charge in [0.25, 0.3) is 5.91 Å². The Morgan fingerprint density at radius 3 is 2.64 bits per heavy atom. The number of amides is 1. The molecule has 0 aliphatic heterocycles. The number of methoxy groups -OCH3 is 2. The number of nitrogens with one attached hydrogen (secondary N) is 1. The second-order valence-corrected chi connectivity index (χ2v) is 5.36. The van der Waals surface area contributed by atoms with Crippen LogP contribution in [0.2, 0.25) is 0 Å². The van der Waals surface area contributed by atoms with Crippen molar-refractivity contribution in [1.29, 1.82) is 0 Å². The van der Waals surface area contributed by atoms with Gasteiger partial charge in [-0.3, -0.25) is 9.20 Å². The van der Waals surface area contributed by atoms with E-state index in [4.69, 9.17) is 9.47 Å². The minimum absolute atomic E-state index is 0.312. The van der Waals surface area contributed by atoms with Gasteiger partial charge in [-0.15, -0.1) is 0 Å². The molecule has 0 aliphatic rings. The van der Waals surface area contributed by atoms with Crippen molar-refractivity contribution in [2.24, 2.45) is 0 Å². The minimum atomic E-state index is -0.437. The molecule has 0 fully saturated rings. The van der Waals surface area contributed by atoms with Gasteiger partial charge in [-0.05, 0) is 30.7 Å². The van der Waals surface area contributed by atoms with Crippen molar-refractivity contribution in [3.05, 3.63) is 53.7 Å². The van der Waals surface area contributed by atoms with Crippen LogP contribution in [-0.4, -0.2) is 29.5 Å². The van der Waals surface area contributed by atoms with E-state index < -0.39 is 5.82 Å². The van der Waals surface area contributed by atoms with Crippen LogP contribution in [0.3, 0.4) is 0 Å². The van der Waals surface area contributed by atoms with Crippen LogP contribution in [0.5, 0.6) is 11.5 Å². The lowest BCUT2D eigenvalue weighted by molar-refractivity contribution is 0.102. The molecular formula is C18H18FN3O3. The number of aryl methyl sites for hydroxylation is 1. The zero-order valence-corrected chi connectivity index (χ0v) is 14.2. The van der Waals surface area contributed by atoms with E-state index in [9.17, 15) is 9.18 Å². The van der Waals surface area contributed by atoms with Crippen molar-refractivity contribution < 1.29 is 18.7 Å². The molecular weight excluding hydrogens is 325 g/mol. The Balaban J connectivity index is 1.99. The highest BCUT2D eigenvalue weighted by molar-refractivity contribution is 6.04. The lowest BCUT2D eigenvalue weighted by Crippen LogP contribution is -2.16. The lowest BCUT2D eigenvalue weighted by atomic mass is 10.2. The third kappa shape index (κ3) is 3.13. The maximum atomic E-state index is 13.6. The van der Waals surface area contributed by atoms with Gasteiger partial charge in [-0.1, -0.05) is 6.92 Å². The number of aromatic nitrogens is 2. The van der Waals surface area contributed by atoms with Crippen LogP contribution in [0.1, 0.15) is 23.1 Å². The Morgan fingerprint density at radius 1 is 1.20 bits per heavy atom. The number of ether oxygens (including phenoxy) is 2. The van der Waals surface area contributed by atoms with E-state index in [-0.39, 0.29) is 5.91 Å². The van der Waals surface area contributed by atoms with Gasteiger partial charge in [0.15, 0.2) is 11.5 Å². The smallest absolute Gasteiger partial charge is 0.274 e. The van der Waals surface area contributed by atoms with Crippen molar-refractivity contribution in [3.63, 3.8) is 0 Å². The summed E-state index contributed by atoms with van der Waals surface area (Å²) >= 11 is 0. The van der Waals surface area contributed by atoms with E-state index >= 15 is 0 Å². The highest BCUT2D eigenvalue weighted by Gasteiger charge is 2.19. The van der Waals surface area contributed by atoms with Gasteiger partial charge in [0, 0.05) is 18.0 Å². The predicted octanol–water partition coefficient (Wildman–Crippen LogP) is 3.31. The fraction of sp³-hybridized carbons (Fsp3) is 0.222. The maximum Gasteiger partial charge on any atom is 0.274 e. The molecule has 0 saturated heterocycles. The Bertz CT molecular complexity index is 937. The molecule has 0 aliphatic carbocycles. The Hall–Kier alpha value is -3.09. The van der Waals surface area contributed by atoms with Crippen LogP contribution in [0, 0.1) is 5.82 Å². The van der Waals surface area contributed by atoms with Crippen LogP contribution in [-0.2, 0) is 6.42 Å². The summed E-state index contributed by atoms with van der Waals surface area (Å²) in [4.78, 5) is 17.2. The number of hydrogen-bond acceptors (Lipinski definition) is 4. The van der Waals surface area contributed by atoms with Gasteiger partial charge in [-0.25, -0.2) is 9.37 Å². The Morgan fingerprint density at radius 2 is 1.96 bits per heavy atom. The van der Waals surface area contributed by atoms with Gasteiger partial charge in [0.1, 0.15) is 17.2 Å². The zero-order chi connectivity index (χ0) is 18.0. The van der Waals surface area contributed by atoms with Crippen molar-refractivity contribution >= 4 is 17.2 Å². The van der Waals surface area contributed by atoms with Crippen molar-refractivity contribution in [2.75, 3.05) is 19.5 Å².